The number of carbonyl (C=O) groups excluding carboxylic acids is 1. The van der Waals surface area contributed by atoms with Gasteiger partial charge in [0, 0.05) is 12.1 Å². The molecule has 2 amide bonds. The Labute approximate surface area is 163 Å². The number of benzene rings is 2. The lowest BCUT2D eigenvalue weighted by atomic mass is 10.1. The Morgan fingerprint density at radius 1 is 1.10 bits per heavy atom. The fourth-order valence-electron chi connectivity index (χ4n) is 2.70. The van der Waals surface area contributed by atoms with Crippen LogP contribution < -0.4 is 10.6 Å². The molecule has 5 nitrogen and oxygen atoms in total. The third-order valence-electron chi connectivity index (χ3n) is 4.02. The van der Waals surface area contributed by atoms with E-state index in [2.05, 4.69) is 20.6 Å². The van der Waals surface area contributed by atoms with E-state index in [1.54, 1.807) is 31.2 Å². The van der Waals surface area contributed by atoms with E-state index in [1.165, 1.54) is 6.20 Å². The van der Waals surface area contributed by atoms with Crippen molar-refractivity contribution in [3.8, 4) is 11.3 Å². The molecule has 29 heavy (non-hydrogen) atoms. The number of nitrogens with zero attached hydrogens (tertiary/aromatic N) is 2. The third-order valence-corrected chi connectivity index (χ3v) is 4.02. The van der Waals surface area contributed by atoms with E-state index < -0.39 is 30.1 Å². The summed E-state index contributed by atoms with van der Waals surface area (Å²) in [5.74, 6) is -0.335. The molecule has 0 unspecified atom stereocenters. The maximum absolute atomic E-state index is 13.4. The SMILES string of the molecule is Cc1ncc(NC(=O)NCc2cc(F)ccc2C(F)(F)F)c(-c2ccccc2)n1. The molecule has 2 N–H and O–H groups in total. The van der Waals surface area contributed by atoms with Gasteiger partial charge in [0.25, 0.3) is 0 Å². The smallest absolute Gasteiger partial charge is 0.334 e. The van der Waals surface area contributed by atoms with Gasteiger partial charge in [0.2, 0.25) is 0 Å². The molecule has 0 radical (unpaired) electrons. The van der Waals surface area contributed by atoms with Gasteiger partial charge in [-0.1, -0.05) is 30.3 Å². The highest BCUT2D eigenvalue weighted by molar-refractivity contribution is 5.93. The highest BCUT2D eigenvalue weighted by Gasteiger charge is 2.33. The summed E-state index contributed by atoms with van der Waals surface area (Å²) in [6, 6.07) is 10.4. The molecule has 3 rings (SSSR count). The quantitative estimate of drug-likeness (QED) is 0.606. The predicted octanol–water partition coefficient (Wildman–Crippen LogP) is 4.93. The zero-order chi connectivity index (χ0) is 21.0. The van der Waals surface area contributed by atoms with Crippen molar-refractivity contribution in [3.05, 3.63) is 77.5 Å². The van der Waals surface area contributed by atoms with Crippen molar-refractivity contribution in [1.82, 2.24) is 15.3 Å². The van der Waals surface area contributed by atoms with Crippen molar-refractivity contribution in [2.24, 2.45) is 0 Å². The first kappa shape index (κ1) is 20.2. The lowest BCUT2D eigenvalue weighted by Crippen LogP contribution is -2.29. The van der Waals surface area contributed by atoms with E-state index in [1.807, 2.05) is 6.07 Å². The average Bonchev–Trinajstić information content (AvgIpc) is 2.67. The largest absolute Gasteiger partial charge is 0.416 e. The van der Waals surface area contributed by atoms with Gasteiger partial charge in [-0.05, 0) is 30.7 Å². The van der Waals surface area contributed by atoms with Crippen molar-refractivity contribution >= 4 is 11.7 Å². The van der Waals surface area contributed by atoms with Crippen LogP contribution in [0.15, 0.2) is 54.7 Å². The molecule has 1 aromatic heterocycles. The molecule has 3 aromatic rings. The third kappa shape index (κ3) is 5.07. The van der Waals surface area contributed by atoms with E-state index >= 15 is 0 Å². The summed E-state index contributed by atoms with van der Waals surface area (Å²) in [4.78, 5) is 20.6. The number of aromatic nitrogens is 2. The lowest BCUT2D eigenvalue weighted by Gasteiger charge is -2.15. The Morgan fingerprint density at radius 3 is 2.52 bits per heavy atom. The highest BCUT2D eigenvalue weighted by Crippen LogP contribution is 2.32. The van der Waals surface area contributed by atoms with Gasteiger partial charge < -0.3 is 10.6 Å². The second-order valence-corrected chi connectivity index (χ2v) is 6.15. The Hall–Kier alpha value is -3.49. The van der Waals surface area contributed by atoms with Crippen molar-refractivity contribution in [1.29, 1.82) is 0 Å². The van der Waals surface area contributed by atoms with Crippen molar-refractivity contribution < 1.29 is 22.4 Å². The standard InChI is InChI=1S/C20H16F4N4O/c1-12-25-11-17(18(27-12)13-5-3-2-4-6-13)28-19(29)26-10-14-9-15(21)7-8-16(14)20(22,23)24/h2-9,11H,10H2,1H3,(H2,26,28,29). The first-order valence-electron chi connectivity index (χ1n) is 8.53. The number of alkyl halides is 3. The minimum Gasteiger partial charge on any atom is -0.334 e. The zero-order valence-electron chi connectivity index (χ0n) is 15.2. The number of urea groups is 1. The number of rotatable bonds is 4. The molecule has 9 heteroatoms. The summed E-state index contributed by atoms with van der Waals surface area (Å²) in [5.41, 5.74) is 0.0984. The number of halogens is 4. The molecule has 0 saturated heterocycles. The molecular weight excluding hydrogens is 388 g/mol. The molecule has 2 aromatic carbocycles. The van der Waals surface area contributed by atoms with Gasteiger partial charge in [-0.25, -0.2) is 19.2 Å². The molecule has 150 valence electrons. The van der Waals surface area contributed by atoms with Gasteiger partial charge in [-0.2, -0.15) is 13.2 Å². The fraction of sp³-hybridized carbons (Fsp3) is 0.150. The second-order valence-electron chi connectivity index (χ2n) is 6.15. The maximum atomic E-state index is 13.4. The van der Waals surface area contributed by atoms with E-state index in [4.69, 9.17) is 0 Å². The topological polar surface area (TPSA) is 66.9 Å². The first-order valence-corrected chi connectivity index (χ1v) is 8.53. The van der Waals surface area contributed by atoms with Crippen LogP contribution in [0, 0.1) is 12.7 Å². The molecule has 0 aliphatic heterocycles. The highest BCUT2D eigenvalue weighted by atomic mass is 19.4. The Balaban J connectivity index is 1.77. The summed E-state index contributed by atoms with van der Waals surface area (Å²) in [6.07, 6.45) is -3.25. The minimum atomic E-state index is -4.66. The van der Waals surface area contributed by atoms with E-state index in [9.17, 15) is 22.4 Å². The van der Waals surface area contributed by atoms with Crippen molar-refractivity contribution in [2.45, 2.75) is 19.6 Å². The average molecular weight is 404 g/mol. The molecule has 0 fully saturated rings. The van der Waals surface area contributed by atoms with E-state index in [0.717, 1.165) is 17.7 Å². The zero-order valence-corrected chi connectivity index (χ0v) is 15.2. The first-order chi connectivity index (χ1) is 13.7. The van der Waals surface area contributed by atoms with Crippen molar-refractivity contribution in [3.63, 3.8) is 0 Å². The van der Waals surface area contributed by atoms with Crippen LogP contribution in [0.2, 0.25) is 0 Å². The van der Waals surface area contributed by atoms with Crippen molar-refractivity contribution in [2.75, 3.05) is 5.32 Å². The normalized spacial score (nSPS) is 11.2. The van der Waals surface area contributed by atoms with Crippen LogP contribution in [0.5, 0.6) is 0 Å². The number of nitrogens with one attached hydrogen (secondary N) is 2. The maximum Gasteiger partial charge on any atom is 0.416 e. The van der Waals surface area contributed by atoms with E-state index in [-0.39, 0.29) is 11.3 Å². The lowest BCUT2D eigenvalue weighted by molar-refractivity contribution is -0.138. The molecule has 1 heterocycles. The molecule has 0 bridgehead atoms. The number of hydrogen-bond donors (Lipinski definition) is 2. The van der Waals surface area contributed by atoms with Gasteiger partial charge in [-0.3, -0.25) is 0 Å². The summed E-state index contributed by atoms with van der Waals surface area (Å²) >= 11 is 0. The second kappa shape index (κ2) is 8.26. The van der Waals surface area contributed by atoms with Crippen LogP contribution in [0.25, 0.3) is 11.3 Å². The summed E-state index contributed by atoms with van der Waals surface area (Å²) in [6.45, 7) is 1.19. The molecule has 0 spiro atoms. The summed E-state index contributed by atoms with van der Waals surface area (Å²) in [5, 5.41) is 4.84. The van der Waals surface area contributed by atoms with E-state index in [0.29, 0.717) is 17.6 Å². The van der Waals surface area contributed by atoms with Gasteiger partial charge in [0.05, 0.1) is 23.1 Å². The van der Waals surface area contributed by atoms with Crippen LogP contribution in [0.1, 0.15) is 17.0 Å². The van der Waals surface area contributed by atoms with Crippen LogP contribution in [-0.2, 0) is 12.7 Å². The minimum absolute atomic E-state index is 0.287. The fourth-order valence-corrected chi connectivity index (χ4v) is 2.70. The number of anilines is 1. The molecule has 0 aliphatic rings. The molecular formula is C20H16F4N4O. The Morgan fingerprint density at radius 2 is 1.83 bits per heavy atom. The molecule has 0 atom stereocenters. The Kier molecular flexibility index (Phi) is 5.76. The molecule has 0 aliphatic carbocycles. The Bertz CT molecular complexity index is 1020. The van der Waals surface area contributed by atoms with Gasteiger partial charge in [0.1, 0.15) is 11.6 Å². The summed E-state index contributed by atoms with van der Waals surface area (Å²) in [7, 11) is 0. The van der Waals surface area contributed by atoms with Gasteiger partial charge >= 0.3 is 12.2 Å². The number of amides is 2. The van der Waals surface area contributed by atoms with Crippen LogP contribution in [0.3, 0.4) is 0 Å². The summed E-state index contributed by atoms with van der Waals surface area (Å²) < 4.78 is 52.6. The number of aryl methyl sites for hydroxylation is 1. The van der Waals surface area contributed by atoms with Gasteiger partial charge in [0.15, 0.2) is 0 Å². The number of carbonyl (C=O) groups is 1. The monoisotopic (exact) mass is 404 g/mol. The van der Waals surface area contributed by atoms with Crippen LogP contribution in [-0.4, -0.2) is 16.0 Å². The molecule has 0 saturated carbocycles. The number of hydrogen-bond acceptors (Lipinski definition) is 3. The predicted molar refractivity (Wildman–Crippen MR) is 99.5 cm³/mol. The van der Waals surface area contributed by atoms with Crippen LogP contribution in [0.4, 0.5) is 28.0 Å². The van der Waals surface area contributed by atoms with Gasteiger partial charge in [-0.15, -0.1) is 0 Å². The van der Waals surface area contributed by atoms with Crippen LogP contribution >= 0.6 is 0 Å².